The van der Waals surface area contributed by atoms with Gasteiger partial charge in [-0.2, -0.15) is 0 Å². The number of nitrogens with one attached hydrogen (secondary N) is 1. The van der Waals surface area contributed by atoms with E-state index in [1.807, 2.05) is 80.5 Å². The normalized spacial score (nSPS) is 13.6. The van der Waals surface area contributed by atoms with Crippen LogP contribution in [-0.2, 0) is 11.2 Å². The van der Waals surface area contributed by atoms with Gasteiger partial charge in [0, 0.05) is 33.3 Å². The van der Waals surface area contributed by atoms with Crippen LogP contribution < -0.4 is 4.90 Å². The molecule has 0 spiro atoms. The number of methoxy groups -OCH3 is 1. The Morgan fingerprint density at radius 2 is 1.54 bits per heavy atom. The molecule has 2 aromatic carbocycles. The second-order valence-corrected chi connectivity index (χ2v) is 6.36. The average molecular weight is 325 g/mol. The Morgan fingerprint density at radius 1 is 0.958 bits per heavy atom. The van der Waals surface area contributed by atoms with Crippen LogP contribution in [0.3, 0.4) is 0 Å². The minimum Gasteiger partial charge on any atom is -0.378 e. The van der Waals surface area contributed by atoms with Gasteiger partial charge in [0.2, 0.25) is 0 Å². The SMILES string of the molecule is COC(Cc1ccccc1)(C(=N)c1ccc(N(C)C)cc1)N(C)C. The monoisotopic (exact) mass is 325 g/mol. The molecule has 0 radical (unpaired) electrons. The number of nitrogens with zero attached hydrogens (tertiary/aromatic N) is 2. The summed E-state index contributed by atoms with van der Waals surface area (Å²) in [6.07, 6.45) is 0.617. The Bertz CT molecular complexity index is 665. The fraction of sp³-hybridized carbons (Fsp3) is 0.350. The van der Waals surface area contributed by atoms with Crippen molar-refractivity contribution in [3.05, 3.63) is 65.7 Å². The molecule has 24 heavy (non-hydrogen) atoms. The number of ether oxygens (including phenoxy) is 1. The van der Waals surface area contributed by atoms with Gasteiger partial charge in [0.1, 0.15) is 0 Å². The fourth-order valence-corrected chi connectivity index (χ4v) is 2.85. The van der Waals surface area contributed by atoms with Crippen molar-refractivity contribution in [1.82, 2.24) is 4.90 Å². The van der Waals surface area contributed by atoms with Gasteiger partial charge in [-0.1, -0.05) is 42.5 Å². The zero-order valence-corrected chi connectivity index (χ0v) is 15.2. The van der Waals surface area contributed by atoms with E-state index >= 15 is 0 Å². The average Bonchev–Trinajstić information content (AvgIpc) is 2.59. The number of hydrogen-bond acceptors (Lipinski definition) is 4. The van der Waals surface area contributed by atoms with Gasteiger partial charge in [0.15, 0.2) is 5.72 Å². The zero-order chi connectivity index (χ0) is 17.7. The lowest BCUT2D eigenvalue weighted by molar-refractivity contribution is -0.0562. The topological polar surface area (TPSA) is 39.6 Å². The molecule has 0 aliphatic heterocycles. The van der Waals surface area contributed by atoms with E-state index in [-0.39, 0.29) is 0 Å². The highest BCUT2D eigenvalue weighted by atomic mass is 16.5. The molecule has 128 valence electrons. The van der Waals surface area contributed by atoms with E-state index in [0.29, 0.717) is 12.1 Å². The maximum absolute atomic E-state index is 8.81. The molecule has 0 fully saturated rings. The molecule has 0 aliphatic rings. The summed E-state index contributed by atoms with van der Waals surface area (Å²) in [4.78, 5) is 4.02. The Morgan fingerprint density at radius 3 is 2.00 bits per heavy atom. The molecular weight excluding hydrogens is 298 g/mol. The first kappa shape index (κ1) is 18.2. The predicted octanol–water partition coefficient (Wildman–Crippen LogP) is 3.27. The van der Waals surface area contributed by atoms with Crippen LogP contribution in [-0.4, -0.2) is 51.6 Å². The third-order valence-electron chi connectivity index (χ3n) is 4.41. The second-order valence-electron chi connectivity index (χ2n) is 6.36. The van der Waals surface area contributed by atoms with Gasteiger partial charge in [-0.05, 0) is 37.4 Å². The van der Waals surface area contributed by atoms with E-state index in [4.69, 9.17) is 10.1 Å². The van der Waals surface area contributed by atoms with Crippen LogP contribution >= 0.6 is 0 Å². The van der Waals surface area contributed by atoms with Crippen molar-refractivity contribution in [3.8, 4) is 0 Å². The molecule has 4 nitrogen and oxygen atoms in total. The molecule has 0 aromatic heterocycles. The number of likely N-dealkylation sites (N-methyl/N-ethyl adjacent to an activating group) is 1. The van der Waals surface area contributed by atoms with E-state index < -0.39 is 5.72 Å². The van der Waals surface area contributed by atoms with Crippen LogP contribution in [0.2, 0.25) is 0 Å². The van der Waals surface area contributed by atoms with Crippen LogP contribution in [0, 0.1) is 5.41 Å². The molecule has 0 saturated carbocycles. The summed E-state index contributed by atoms with van der Waals surface area (Å²) in [6.45, 7) is 0. The first-order valence-corrected chi connectivity index (χ1v) is 8.04. The van der Waals surface area contributed by atoms with Crippen molar-refractivity contribution in [2.75, 3.05) is 40.2 Å². The van der Waals surface area contributed by atoms with Crippen LogP contribution in [0.25, 0.3) is 0 Å². The maximum Gasteiger partial charge on any atom is 0.167 e. The lowest BCUT2D eigenvalue weighted by atomic mass is 9.91. The predicted molar refractivity (Wildman–Crippen MR) is 101 cm³/mol. The Balaban J connectivity index is 2.37. The van der Waals surface area contributed by atoms with Crippen LogP contribution in [0.4, 0.5) is 5.69 Å². The van der Waals surface area contributed by atoms with Gasteiger partial charge in [-0.3, -0.25) is 4.90 Å². The van der Waals surface area contributed by atoms with Gasteiger partial charge < -0.3 is 15.0 Å². The molecule has 0 aliphatic carbocycles. The molecule has 0 bridgehead atoms. The number of hydrogen-bond donors (Lipinski definition) is 1. The third kappa shape index (κ3) is 3.66. The summed E-state index contributed by atoms with van der Waals surface area (Å²) >= 11 is 0. The van der Waals surface area contributed by atoms with Crippen molar-refractivity contribution in [3.63, 3.8) is 0 Å². The Kier molecular flexibility index (Phi) is 5.75. The first-order chi connectivity index (χ1) is 11.4. The Hall–Kier alpha value is -2.17. The van der Waals surface area contributed by atoms with E-state index in [1.165, 1.54) is 0 Å². The molecule has 1 N–H and O–H groups in total. The summed E-state index contributed by atoms with van der Waals surface area (Å²) in [5.74, 6) is 0. The van der Waals surface area contributed by atoms with Crippen molar-refractivity contribution in [1.29, 1.82) is 5.41 Å². The molecule has 0 saturated heterocycles. The number of anilines is 1. The highest BCUT2D eigenvalue weighted by molar-refractivity contribution is 6.04. The van der Waals surface area contributed by atoms with Crippen LogP contribution in [0.15, 0.2) is 54.6 Å². The van der Waals surface area contributed by atoms with E-state index in [1.54, 1.807) is 7.11 Å². The zero-order valence-electron chi connectivity index (χ0n) is 15.2. The van der Waals surface area contributed by atoms with Crippen LogP contribution in [0.5, 0.6) is 0 Å². The van der Waals surface area contributed by atoms with Crippen molar-refractivity contribution >= 4 is 11.4 Å². The quantitative estimate of drug-likeness (QED) is 0.627. The molecule has 4 heteroatoms. The van der Waals surface area contributed by atoms with Crippen molar-refractivity contribution < 1.29 is 4.74 Å². The molecular formula is C20H27N3O. The molecule has 1 unspecified atom stereocenters. The van der Waals surface area contributed by atoms with E-state index in [2.05, 4.69) is 12.1 Å². The lowest BCUT2D eigenvalue weighted by Crippen LogP contribution is -2.54. The van der Waals surface area contributed by atoms with Gasteiger partial charge in [-0.25, -0.2) is 0 Å². The molecule has 2 rings (SSSR count). The van der Waals surface area contributed by atoms with Gasteiger partial charge in [0.25, 0.3) is 0 Å². The summed E-state index contributed by atoms with van der Waals surface area (Å²) in [6, 6.07) is 18.2. The molecule has 0 heterocycles. The third-order valence-corrected chi connectivity index (χ3v) is 4.41. The molecule has 0 amide bonds. The summed E-state index contributed by atoms with van der Waals surface area (Å²) in [7, 11) is 9.60. The second kappa shape index (κ2) is 7.60. The minimum atomic E-state index is -0.805. The first-order valence-electron chi connectivity index (χ1n) is 8.04. The summed E-state index contributed by atoms with van der Waals surface area (Å²) in [5.41, 5.74) is 2.78. The molecule has 2 aromatic rings. The number of benzene rings is 2. The summed E-state index contributed by atoms with van der Waals surface area (Å²) < 4.78 is 5.89. The standard InChI is InChI=1S/C20H27N3O/c1-22(2)18-13-11-17(12-14-18)19(21)20(24-5,23(3)4)15-16-9-7-6-8-10-16/h6-14,21H,15H2,1-5H3. The van der Waals surface area contributed by atoms with Crippen molar-refractivity contribution in [2.45, 2.75) is 12.1 Å². The Labute approximate surface area is 145 Å². The number of rotatable bonds is 7. The highest BCUT2D eigenvalue weighted by Crippen LogP contribution is 2.26. The van der Waals surface area contributed by atoms with Gasteiger partial charge in [-0.15, -0.1) is 0 Å². The summed E-state index contributed by atoms with van der Waals surface area (Å²) in [5, 5.41) is 8.81. The van der Waals surface area contributed by atoms with Gasteiger partial charge in [0.05, 0.1) is 5.71 Å². The van der Waals surface area contributed by atoms with E-state index in [0.717, 1.165) is 16.8 Å². The largest absolute Gasteiger partial charge is 0.378 e. The van der Waals surface area contributed by atoms with Crippen LogP contribution in [0.1, 0.15) is 11.1 Å². The van der Waals surface area contributed by atoms with E-state index in [9.17, 15) is 0 Å². The lowest BCUT2D eigenvalue weighted by Gasteiger charge is -2.39. The minimum absolute atomic E-state index is 0.462. The highest BCUT2D eigenvalue weighted by Gasteiger charge is 2.38. The van der Waals surface area contributed by atoms with Crippen molar-refractivity contribution in [2.24, 2.45) is 0 Å². The fourth-order valence-electron chi connectivity index (χ4n) is 2.85. The van der Waals surface area contributed by atoms with Gasteiger partial charge >= 0.3 is 0 Å². The molecule has 1 atom stereocenters. The smallest absolute Gasteiger partial charge is 0.167 e. The maximum atomic E-state index is 8.81.